The van der Waals surface area contributed by atoms with E-state index in [0.29, 0.717) is 0 Å². The van der Waals surface area contributed by atoms with Gasteiger partial charge >= 0.3 is 22.4 Å². The van der Waals surface area contributed by atoms with Gasteiger partial charge in [-0.05, 0) is 12.8 Å². The Bertz CT molecular complexity index is 58.9. The first-order valence-electron chi connectivity index (χ1n) is 4.99. The van der Waals surface area contributed by atoms with E-state index in [1.54, 1.807) is 0 Å². The molecule has 0 aliphatic heterocycles. The molecule has 0 amide bonds. The van der Waals surface area contributed by atoms with E-state index in [4.69, 9.17) is 4.74 Å². The Morgan fingerprint density at radius 2 is 1.17 bits per heavy atom. The van der Waals surface area contributed by atoms with Crippen molar-refractivity contribution in [2.75, 3.05) is 13.2 Å². The summed E-state index contributed by atoms with van der Waals surface area (Å²) < 4.78 is 5.44. The Kier molecular flexibility index (Phi) is 18.0. The van der Waals surface area contributed by atoms with E-state index in [2.05, 4.69) is 13.8 Å². The molecule has 0 fully saturated rings. The average molecular weight is 251 g/mol. The average Bonchev–Trinajstić information content (AvgIpc) is 2.03. The number of unbranched alkanes of at least 4 members (excludes halogenated alkanes) is 4. The fourth-order valence-corrected chi connectivity index (χ4v) is 1.01. The van der Waals surface area contributed by atoms with Gasteiger partial charge in [0.15, 0.2) is 0 Å². The van der Waals surface area contributed by atoms with Gasteiger partial charge in [-0.2, -0.15) is 0 Å². The third kappa shape index (κ3) is 13.3. The number of ether oxygens (including phenoxy) is 1. The quantitative estimate of drug-likeness (QED) is 0.474. The number of hydrogen-bond acceptors (Lipinski definition) is 1. The van der Waals surface area contributed by atoms with Crippen LogP contribution in [0.5, 0.6) is 0 Å². The molecule has 2 heteroatoms. The monoisotopic (exact) mass is 251 g/mol. The topological polar surface area (TPSA) is 9.23 Å². The summed E-state index contributed by atoms with van der Waals surface area (Å²) in [5, 5.41) is 0. The molecule has 0 N–H and O–H groups in total. The van der Waals surface area contributed by atoms with E-state index in [-0.39, 0.29) is 22.4 Å². The smallest absolute Gasteiger partial charge is 0.381 e. The summed E-state index contributed by atoms with van der Waals surface area (Å²) in [5.41, 5.74) is 0. The maximum atomic E-state index is 5.44. The normalized spacial score (nSPS) is 9.50. The standard InChI is InChI=1S/C10H22O.Nb/c1-3-5-7-9-11-10-8-6-4-2;/h3-10H2,1-2H3;/q;+5. The van der Waals surface area contributed by atoms with Crippen LogP contribution in [-0.4, -0.2) is 13.2 Å². The summed E-state index contributed by atoms with van der Waals surface area (Å²) in [6.07, 6.45) is 7.68. The molecule has 0 spiro atoms. The summed E-state index contributed by atoms with van der Waals surface area (Å²) >= 11 is 0. The Morgan fingerprint density at radius 3 is 1.50 bits per heavy atom. The molecule has 0 unspecified atom stereocenters. The first kappa shape index (κ1) is 15.2. The van der Waals surface area contributed by atoms with Gasteiger partial charge in [0.25, 0.3) is 0 Å². The van der Waals surface area contributed by atoms with E-state index < -0.39 is 0 Å². The Morgan fingerprint density at radius 1 is 0.750 bits per heavy atom. The van der Waals surface area contributed by atoms with Crippen LogP contribution in [0.25, 0.3) is 0 Å². The van der Waals surface area contributed by atoms with Gasteiger partial charge < -0.3 is 4.74 Å². The molecule has 0 bridgehead atoms. The summed E-state index contributed by atoms with van der Waals surface area (Å²) in [7, 11) is 0. The van der Waals surface area contributed by atoms with Crippen LogP contribution in [-0.2, 0) is 27.1 Å². The zero-order valence-electron chi connectivity index (χ0n) is 8.51. The molecule has 12 heavy (non-hydrogen) atoms. The molecule has 0 aliphatic rings. The molecule has 0 atom stereocenters. The van der Waals surface area contributed by atoms with Gasteiger partial charge in [-0.3, -0.25) is 0 Å². The van der Waals surface area contributed by atoms with E-state index >= 15 is 0 Å². The second-order valence-electron chi connectivity index (χ2n) is 3.03. The van der Waals surface area contributed by atoms with Gasteiger partial charge in [0.1, 0.15) is 0 Å². The minimum Gasteiger partial charge on any atom is -0.381 e. The van der Waals surface area contributed by atoms with Gasteiger partial charge in [-0.25, -0.2) is 0 Å². The van der Waals surface area contributed by atoms with Gasteiger partial charge in [0.2, 0.25) is 0 Å². The minimum atomic E-state index is 0. The molecule has 0 saturated heterocycles. The summed E-state index contributed by atoms with van der Waals surface area (Å²) in [6, 6.07) is 0. The molecule has 0 aromatic rings. The van der Waals surface area contributed by atoms with Crippen LogP contribution in [0, 0.1) is 0 Å². The molecule has 0 heterocycles. The largest absolute Gasteiger partial charge is 5.00 e. The summed E-state index contributed by atoms with van der Waals surface area (Å²) in [6.45, 7) is 6.38. The summed E-state index contributed by atoms with van der Waals surface area (Å²) in [4.78, 5) is 0. The van der Waals surface area contributed by atoms with E-state index in [1.807, 2.05) is 0 Å². The number of rotatable bonds is 8. The van der Waals surface area contributed by atoms with E-state index in [0.717, 1.165) is 13.2 Å². The van der Waals surface area contributed by atoms with Crippen molar-refractivity contribution in [1.29, 1.82) is 0 Å². The van der Waals surface area contributed by atoms with Crippen LogP contribution < -0.4 is 0 Å². The van der Waals surface area contributed by atoms with Crippen molar-refractivity contribution in [2.45, 2.75) is 52.4 Å². The van der Waals surface area contributed by atoms with E-state index in [9.17, 15) is 0 Å². The van der Waals surface area contributed by atoms with Crippen molar-refractivity contribution in [2.24, 2.45) is 0 Å². The van der Waals surface area contributed by atoms with Crippen LogP contribution in [0.2, 0.25) is 0 Å². The van der Waals surface area contributed by atoms with Crippen LogP contribution in [0.1, 0.15) is 52.4 Å². The third-order valence-electron chi connectivity index (χ3n) is 1.78. The maximum absolute atomic E-state index is 5.44. The van der Waals surface area contributed by atoms with Gasteiger partial charge in [-0.1, -0.05) is 39.5 Å². The van der Waals surface area contributed by atoms with Crippen molar-refractivity contribution >= 4 is 0 Å². The van der Waals surface area contributed by atoms with Crippen molar-refractivity contribution in [3.63, 3.8) is 0 Å². The van der Waals surface area contributed by atoms with Crippen LogP contribution >= 0.6 is 0 Å². The van der Waals surface area contributed by atoms with Crippen molar-refractivity contribution in [3.05, 3.63) is 0 Å². The third-order valence-corrected chi connectivity index (χ3v) is 1.78. The van der Waals surface area contributed by atoms with Crippen LogP contribution in [0.15, 0.2) is 0 Å². The first-order chi connectivity index (χ1) is 5.41. The minimum absolute atomic E-state index is 0. The maximum Gasteiger partial charge on any atom is 5.00 e. The zero-order valence-corrected chi connectivity index (χ0v) is 10.7. The fourth-order valence-electron chi connectivity index (χ4n) is 1.01. The van der Waals surface area contributed by atoms with Crippen molar-refractivity contribution < 1.29 is 27.1 Å². The molecule has 0 aromatic heterocycles. The van der Waals surface area contributed by atoms with Crippen molar-refractivity contribution in [1.82, 2.24) is 0 Å². The molecule has 68 valence electrons. The SMILES string of the molecule is CCCCCOCCCCC.[Nb+5]. The molecule has 0 saturated carbocycles. The second kappa shape index (κ2) is 14.2. The van der Waals surface area contributed by atoms with E-state index in [1.165, 1.54) is 38.5 Å². The molecule has 0 aromatic carbocycles. The Hall–Kier alpha value is 0.700. The Labute approximate surface area is 92.8 Å². The first-order valence-corrected chi connectivity index (χ1v) is 4.99. The molecular weight excluding hydrogens is 229 g/mol. The van der Waals surface area contributed by atoms with Gasteiger partial charge in [-0.15, -0.1) is 0 Å². The molecular formula is C10H22NbO+5. The zero-order chi connectivity index (χ0) is 8.36. The van der Waals surface area contributed by atoms with Crippen LogP contribution in [0.4, 0.5) is 0 Å². The van der Waals surface area contributed by atoms with Crippen molar-refractivity contribution in [3.8, 4) is 0 Å². The molecule has 0 radical (unpaired) electrons. The molecule has 0 rings (SSSR count). The fraction of sp³-hybridized carbons (Fsp3) is 1.00. The predicted molar refractivity (Wildman–Crippen MR) is 49.9 cm³/mol. The summed E-state index contributed by atoms with van der Waals surface area (Å²) in [5.74, 6) is 0. The van der Waals surface area contributed by atoms with Crippen LogP contribution in [0.3, 0.4) is 0 Å². The predicted octanol–water partition coefficient (Wildman–Crippen LogP) is 3.38. The number of hydrogen-bond donors (Lipinski definition) is 0. The molecule has 0 aliphatic carbocycles. The Balaban J connectivity index is 0. The van der Waals surface area contributed by atoms with Gasteiger partial charge in [0, 0.05) is 13.2 Å². The molecule has 1 nitrogen and oxygen atoms in total. The second-order valence-corrected chi connectivity index (χ2v) is 3.03. The van der Waals surface area contributed by atoms with Gasteiger partial charge in [0.05, 0.1) is 0 Å².